The summed E-state index contributed by atoms with van der Waals surface area (Å²) in [6.45, 7) is 5.06. The quantitative estimate of drug-likeness (QED) is 0.498. The van der Waals surface area contributed by atoms with Gasteiger partial charge in [-0.3, -0.25) is 9.59 Å². The summed E-state index contributed by atoms with van der Waals surface area (Å²) in [5.41, 5.74) is 0.191. The van der Waals surface area contributed by atoms with Crippen molar-refractivity contribution in [1.82, 2.24) is 5.32 Å². The molecular formula is C22H25Cl2N3O5. The predicted octanol–water partition coefficient (Wildman–Crippen LogP) is 4.86. The summed E-state index contributed by atoms with van der Waals surface area (Å²) in [6, 6.07) is 11.4. The summed E-state index contributed by atoms with van der Waals surface area (Å²) >= 11 is 11.9. The van der Waals surface area contributed by atoms with Gasteiger partial charge in [-0.1, -0.05) is 35.3 Å². The zero-order valence-corrected chi connectivity index (χ0v) is 19.5. The van der Waals surface area contributed by atoms with E-state index in [1.165, 1.54) is 6.07 Å². The fourth-order valence-corrected chi connectivity index (χ4v) is 2.89. The average Bonchev–Trinajstić information content (AvgIpc) is 2.67. The van der Waals surface area contributed by atoms with Gasteiger partial charge >= 0.3 is 6.09 Å². The third kappa shape index (κ3) is 9.03. The van der Waals surface area contributed by atoms with Crippen LogP contribution in [0.4, 0.5) is 16.2 Å². The molecule has 0 spiro atoms. The average molecular weight is 482 g/mol. The molecule has 172 valence electrons. The maximum Gasteiger partial charge on any atom is 0.407 e. The van der Waals surface area contributed by atoms with Crippen LogP contribution in [0.25, 0.3) is 0 Å². The molecule has 3 amide bonds. The second-order valence-electron chi connectivity index (χ2n) is 7.68. The van der Waals surface area contributed by atoms with E-state index in [0.717, 1.165) is 0 Å². The standard InChI is InChI=1S/C22H25Cl2N3O5/c1-22(2,3)32-21(30)25-11-10-19(28)26-16-6-4-5-7-17(16)27-20(29)13-31-18-9-8-14(23)12-15(18)24/h4-9,12H,10-11,13H2,1-3H3,(H,25,30)(H,26,28)(H,27,29). The Kier molecular flexibility index (Phi) is 9.16. The molecule has 0 aromatic heterocycles. The van der Waals surface area contributed by atoms with Crippen LogP contribution in [0.1, 0.15) is 27.2 Å². The number of rotatable bonds is 8. The Balaban J connectivity index is 1.85. The summed E-state index contributed by atoms with van der Waals surface area (Å²) in [6.07, 6.45) is -0.571. The highest BCUT2D eigenvalue weighted by molar-refractivity contribution is 6.35. The lowest BCUT2D eigenvalue weighted by Crippen LogP contribution is -2.34. The van der Waals surface area contributed by atoms with Crippen LogP contribution in [0, 0.1) is 0 Å². The molecule has 2 rings (SSSR count). The Morgan fingerprint density at radius 3 is 2.16 bits per heavy atom. The highest BCUT2D eigenvalue weighted by atomic mass is 35.5. The molecule has 8 nitrogen and oxygen atoms in total. The predicted molar refractivity (Wildman–Crippen MR) is 125 cm³/mol. The van der Waals surface area contributed by atoms with E-state index < -0.39 is 17.6 Å². The first-order chi connectivity index (χ1) is 15.0. The number of alkyl carbamates (subject to hydrolysis) is 1. The van der Waals surface area contributed by atoms with Gasteiger partial charge in [0.2, 0.25) is 5.91 Å². The smallest absolute Gasteiger partial charge is 0.407 e. The number of para-hydroxylation sites is 2. The molecule has 0 aliphatic carbocycles. The lowest BCUT2D eigenvalue weighted by atomic mass is 10.2. The number of anilines is 2. The van der Waals surface area contributed by atoms with Gasteiger partial charge in [0.05, 0.1) is 16.4 Å². The first-order valence-electron chi connectivity index (χ1n) is 9.77. The number of carbonyl (C=O) groups is 3. The van der Waals surface area contributed by atoms with Crippen molar-refractivity contribution in [3.8, 4) is 5.75 Å². The lowest BCUT2D eigenvalue weighted by Gasteiger charge is -2.19. The summed E-state index contributed by atoms with van der Waals surface area (Å²) in [4.78, 5) is 36.1. The van der Waals surface area contributed by atoms with Crippen molar-refractivity contribution in [3.05, 3.63) is 52.5 Å². The minimum absolute atomic E-state index is 0.0275. The number of halogens is 2. The van der Waals surface area contributed by atoms with E-state index in [4.69, 9.17) is 32.7 Å². The topological polar surface area (TPSA) is 106 Å². The van der Waals surface area contributed by atoms with Crippen LogP contribution in [0.2, 0.25) is 10.0 Å². The Morgan fingerprint density at radius 2 is 1.56 bits per heavy atom. The maximum absolute atomic E-state index is 12.3. The Morgan fingerprint density at radius 1 is 0.938 bits per heavy atom. The fourth-order valence-electron chi connectivity index (χ4n) is 2.43. The minimum Gasteiger partial charge on any atom is -0.482 e. The van der Waals surface area contributed by atoms with Crippen molar-refractivity contribution < 1.29 is 23.9 Å². The normalized spacial score (nSPS) is 10.8. The number of hydrogen-bond donors (Lipinski definition) is 3. The zero-order valence-electron chi connectivity index (χ0n) is 18.0. The summed E-state index contributed by atoms with van der Waals surface area (Å²) in [5.74, 6) is -0.457. The maximum atomic E-state index is 12.3. The fraction of sp³-hybridized carbons (Fsp3) is 0.318. The number of amides is 3. The van der Waals surface area contributed by atoms with E-state index >= 15 is 0 Å². The van der Waals surface area contributed by atoms with Gasteiger partial charge in [-0.2, -0.15) is 0 Å². The Bertz CT molecular complexity index is 976. The molecule has 0 aliphatic rings. The van der Waals surface area contributed by atoms with E-state index in [9.17, 15) is 14.4 Å². The van der Waals surface area contributed by atoms with Crippen LogP contribution < -0.4 is 20.7 Å². The van der Waals surface area contributed by atoms with Gasteiger partial charge in [0.1, 0.15) is 11.4 Å². The van der Waals surface area contributed by atoms with E-state index in [2.05, 4.69) is 16.0 Å². The summed E-state index contributed by atoms with van der Waals surface area (Å²) in [5, 5.41) is 8.65. The van der Waals surface area contributed by atoms with E-state index in [1.54, 1.807) is 57.2 Å². The van der Waals surface area contributed by atoms with Crippen molar-refractivity contribution in [2.24, 2.45) is 0 Å². The van der Waals surface area contributed by atoms with Crippen molar-refractivity contribution in [1.29, 1.82) is 0 Å². The number of ether oxygens (including phenoxy) is 2. The zero-order chi connectivity index (χ0) is 23.7. The molecule has 2 aromatic carbocycles. The largest absolute Gasteiger partial charge is 0.482 e. The van der Waals surface area contributed by atoms with Crippen LogP contribution in [0.5, 0.6) is 5.75 Å². The molecular weight excluding hydrogens is 457 g/mol. The molecule has 32 heavy (non-hydrogen) atoms. The summed E-state index contributed by atoms with van der Waals surface area (Å²) < 4.78 is 10.5. The molecule has 0 unspecified atom stereocenters. The molecule has 0 heterocycles. The number of benzene rings is 2. The van der Waals surface area contributed by atoms with Gasteiger partial charge in [0.15, 0.2) is 6.61 Å². The van der Waals surface area contributed by atoms with E-state index in [0.29, 0.717) is 22.1 Å². The van der Waals surface area contributed by atoms with Crippen LogP contribution >= 0.6 is 23.2 Å². The highest BCUT2D eigenvalue weighted by Gasteiger charge is 2.16. The first-order valence-corrected chi connectivity index (χ1v) is 10.5. The molecule has 10 heteroatoms. The molecule has 2 aromatic rings. The molecule has 0 saturated carbocycles. The van der Waals surface area contributed by atoms with Crippen molar-refractivity contribution in [3.63, 3.8) is 0 Å². The minimum atomic E-state index is -0.619. The third-order valence-corrected chi connectivity index (χ3v) is 4.28. The second kappa shape index (κ2) is 11.6. The van der Waals surface area contributed by atoms with Crippen molar-refractivity contribution in [2.75, 3.05) is 23.8 Å². The van der Waals surface area contributed by atoms with E-state index in [-0.39, 0.29) is 30.5 Å². The molecule has 0 fully saturated rings. The molecule has 0 radical (unpaired) electrons. The van der Waals surface area contributed by atoms with Gasteiger partial charge in [0, 0.05) is 18.0 Å². The summed E-state index contributed by atoms with van der Waals surface area (Å²) in [7, 11) is 0. The van der Waals surface area contributed by atoms with Crippen LogP contribution in [0.3, 0.4) is 0 Å². The first kappa shape index (κ1) is 25.3. The monoisotopic (exact) mass is 481 g/mol. The molecule has 3 N–H and O–H groups in total. The van der Waals surface area contributed by atoms with Gasteiger partial charge < -0.3 is 25.4 Å². The second-order valence-corrected chi connectivity index (χ2v) is 8.53. The Hall–Kier alpha value is -2.97. The van der Waals surface area contributed by atoms with E-state index in [1.807, 2.05) is 0 Å². The van der Waals surface area contributed by atoms with Crippen molar-refractivity contribution in [2.45, 2.75) is 32.8 Å². The number of nitrogens with one attached hydrogen (secondary N) is 3. The van der Waals surface area contributed by atoms with Gasteiger partial charge in [-0.25, -0.2) is 4.79 Å². The Labute approximate surface area is 196 Å². The molecule has 0 saturated heterocycles. The van der Waals surface area contributed by atoms with Gasteiger partial charge in [-0.05, 0) is 51.1 Å². The van der Waals surface area contributed by atoms with Crippen LogP contribution in [-0.2, 0) is 14.3 Å². The SMILES string of the molecule is CC(C)(C)OC(=O)NCCC(=O)Nc1ccccc1NC(=O)COc1ccc(Cl)cc1Cl. The molecule has 0 aliphatic heterocycles. The van der Waals surface area contributed by atoms with Crippen LogP contribution in [-0.4, -0.2) is 36.7 Å². The van der Waals surface area contributed by atoms with Gasteiger partial charge in [-0.15, -0.1) is 0 Å². The van der Waals surface area contributed by atoms with Gasteiger partial charge in [0.25, 0.3) is 5.91 Å². The number of hydrogen-bond acceptors (Lipinski definition) is 5. The van der Waals surface area contributed by atoms with Crippen LogP contribution in [0.15, 0.2) is 42.5 Å². The molecule has 0 atom stereocenters. The number of carbonyl (C=O) groups excluding carboxylic acids is 3. The third-order valence-electron chi connectivity index (χ3n) is 3.75. The van der Waals surface area contributed by atoms with Crippen molar-refractivity contribution >= 4 is 52.5 Å². The lowest BCUT2D eigenvalue weighted by molar-refractivity contribution is -0.118. The molecule has 0 bridgehead atoms. The highest BCUT2D eigenvalue weighted by Crippen LogP contribution is 2.27.